The molecule has 0 fully saturated rings. The average molecular weight is 189 g/mol. The third-order valence-electron chi connectivity index (χ3n) is 2.57. The number of rotatable bonds is 0. The highest BCUT2D eigenvalue weighted by atomic mass is 19.4. The molecular formula is C9H10F3N. The van der Waals surface area contributed by atoms with Crippen LogP contribution < -0.4 is 0 Å². The lowest BCUT2D eigenvalue weighted by atomic mass is 10.1. The molecule has 0 radical (unpaired) electrons. The van der Waals surface area contributed by atoms with Gasteiger partial charge in [0, 0.05) is 18.9 Å². The van der Waals surface area contributed by atoms with Crippen LogP contribution >= 0.6 is 0 Å². The molecule has 13 heavy (non-hydrogen) atoms. The molecule has 1 nitrogen and oxygen atoms in total. The van der Waals surface area contributed by atoms with E-state index in [1.165, 1.54) is 6.20 Å². The molecule has 0 aliphatic heterocycles. The zero-order valence-electron chi connectivity index (χ0n) is 7.28. The summed E-state index contributed by atoms with van der Waals surface area (Å²) in [5, 5.41) is 0. The van der Waals surface area contributed by atoms with Crippen LogP contribution in [-0.2, 0) is 26.1 Å². The molecule has 1 aliphatic carbocycles. The van der Waals surface area contributed by atoms with Crippen LogP contribution in [0.2, 0.25) is 0 Å². The van der Waals surface area contributed by atoms with Crippen molar-refractivity contribution >= 4 is 0 Å². The molecular weight excluding hydrogens is 179 g/mol. The summed E-state index contributed by atoms with van der Waals surface area (Å²) >= 11 is 0. The van der Waals surface area contributed by atoms with E-state index in [2.05, 4.69) is 0 Å². The van der Waals surface area contributed by atoms with Crippen LogP contribution in [0, 0.1) is 0 Å². The Bertz CT molecular complexity index is 335. The summed E-state index contributed by atoms with van der Waals surface area (Å²) in [5.74, 6) is 0. The molecule has 4 heteroatoms. The predicted octanol–water partition coefficient (Wildman–Crippen LogP) is 2.53. The van der Waals surface area contributed by atoms with E-state index in [0.29, 0.717) is 12.0 Å². The lowest BCUT2D eigenvalue weighted by Crippen LogP contribution is -2.06. The number of fused-ring (bicyclic) bond motifs is 1. The first-order chi connectivity index (χ1) is 6.00. The molecule has 0 spiro atoms. The van der Waals surface area contributed by atoms with Gasteiger partial charge in [-0.1, -0.05) is 0 Å². The lowest BCUT2D eigenvalue weighted by Gasteiger charge is -2.04. The van der Waals surface area contributed by atoms with E-state index in [1.807, 2.05) is 0 Å². The summed E-state index contributed by atoms with van der Waals surface area (Å²) < 4.78 is 38.9. The second-order valence-electron chi connectivity index (χ2n) is 3.43. The first-order valence-corrected chi connectivity index (χ1v) is 4.24. The third-order valence-corrected chi connectivity index (χ3v) is 2.57. The van der Waals surface area contributed by atoms with Gasteiger partial charge < -0.3 is 4.57 Å². The van der Waals surface area contributed by atoms with Gasteiger partial charge >= 0.3 is 6.18 Å². The summed E-state index contributed by atoms with van der Waals surface area (Å²) in [5.41, 5.74) is 0.921. The molecule has 2 rings (SSSR count). The Morgan fingerprint density at radius 3 is 2.62 bits per heavy atom. The van der Waals surface area contributed by atoms with Crippen molar-refractivity contribution in [1.29, 1.82) is 0 Å². The van der Waals surface area contributed by atoms with Crippen LogP contribution in [0.4, 0.5) is 13.2 Å². The van der Waals surface area contributed by atoms with Crippen molar-refractivity contribution in [3.05, 3.63) is 23.0 Å². The van der Waals surface area contributed by atoms with E-state index in [4.69, 9.17) is 0 Å². The quantitative estimate of drug-likeness (QED) is 0.591. The number of hydrogen-bond donors (Lipinski definition) is 0. The van der Waals surface area contributed by atoms with Crippen LogP contribution in [0.5, 0.6) is 0 Å². The molecule has 0 saturated heterocycles. The largest absolute Gasteiger partial charge is 0.418 e. The number of alkyl halides is 3. The zero-order chi connectivity index (χ0) is 9.64. The second kappa shape index (κ2) is 2.53. The van der Waals surface area contributed by atoms with E-state index in [-0.39, 0.29) is 0 Å². The minimum Gasteiger partial charge on any atom is -0.354 e. The number of aromatic nitrogens is 1. The number of hydrogen-bond acceptors (Lipinski definition) is 0. The maximum Gasteiger partial charge on any atom is 0.418 e. The Balaban J connectivity index is 2.55. The molecule has 1 aliphatic rings. The molecule has 72 valence electrons. The highest BCUT2D eigenvalue weighted by Gasteiger charge is 2.37. The Morgan fingerprint density at radius 2 is 2.00 bits per heavy atom. The predicted molar refractivity (Wildman–Crippen MR) is 42.4 cm³/mol. The Labute approximate surface area is 74.2 Å². The normalized spacial score (nSPS) is 16.3. The maximum absolute atomic E-state index is 12.4. The summed E-state index contributed by atoms with van der Waals surface area (Å²) in [6.45, 7) is 0. The van der Waals surface area contributed by atoms with Gasteiger partial charge in [-0.25, -0.2) is 0 Å². The molecule has 0 atom stereocenters. The van der Waals surface area contributed by atoms with Gasteiger partial charge in [-0.2, -0.15) is 13.2 Å². The second-order valence-corrected chi connectivity index (χ2v) is 3.43. The smallest absolute Gasteiger partial charge is 0.354 e. The topological polar surface area (TPSA) is 4.93 Å². The van der Waals surface area contributed by atoms with Gasteiger partial charge in [-0.15, -0.1) is 0 Å². The van der Waals surface area contributed by atoms with Crippen molar-refractivity contribution in [2.75, 3.05) is 0 Å². The fraction of sp³-hybridized carbons (Fsp3) is 0.556. The first-order valence-electron chi connectivity index (χ1n) is 4.24. The van der Waals surface area contributed by atoms with E-state index >= 15 is 0 Å². The summed E-state index contributed by atoms with van der Waals surface area (Å²) in [6.07, 6.45) is -0.783. The lowest BCUT2D eigenvalue weighted by molar-refractivity contribution is -0.138. The Morgan fingerprint density at radius 1 is 1.31 bits per heavy atom. The molecule has 1 aromatic rings. The minimum absolute atomic E-state index is 0.442. The molecule has 1 heterocycles. The van der Waals surface area contributed by atoms with Crippen molar-refractivity contribution in [2.24, 2.45) is 7.05 Å². The molecule has 0 bridgehead atoms. The fourth-order valence-corrected chi connectivity index (χ4v) is 2.00. The third kappa shape index (κ3) is 1.24. The van der Waals surface area contributed by atoms with Gasteiger partial charge in [0.1, 0.15) is 0 Å². The first kappa shape index (κ1) is 8.66. The van der Waals surface area contributed by atoms with Crippen molar-refractivity contribution in [1.82, 2.24) is 4.57 Å². The SMILES string of the molecule is Cn1cc(C(F)(F)F)c2c1CCC2. The van der Waals surface area contributed by atoms with Crippen LogP contribution in [0.15, 0.2) is 6.20 Å². The molecule has 0 aromatic carbocycles. The van der Waals surface area contributed by atoms with Gasteiger partial charge in [0.05, 0.1) is 5.56 Å². The molecule has 1 aromatic heterocycles. The Hall–Kier alpha value is -0.930. The van der Waals surface area contributed by atoms with E-state index in [0.717, 1.165) is 18.5 Å². The molecule has 0 unspecified atom stereocenters. The minimum atomic E-state index is -4.18. The van der Waals surface area contributed by atoms with Gasteiger partial charge in [-0.05, 0) is 24.8 Å². The van der Waals surface area contributed by atoms with Crippen molar-refractivity contribution in [3.63, 3.8) is 0 Å². The van der Waals surface area contributed by atoms with Crippen molar-refractivity contribution in [2.45, 2.75) is 25.4 Å². The van der Waals surface area contributed by atoms with Gasteiger partial charge in [0.25, 0.3) is 0 Å². The summed E-state index contributed by atoms with van der Waals surface area (Å²) in [6, 6.07) is 0. The summed E-state index contributed by atoms with van der Waals surface area (Å²) in [7, 11) is 1.68. The fourth-order valence-electron chi connectivity index (χ4n) is 2.00. The molecule has 0 saturated carbocycles. The van der Waals surface area contributed by atoms with E-state index in [1.54, 1.807) is 11.6 Å². The zero-order valence-corrected chi connectivity index (χ0v) is 7.28. The monoisotopic (exact) mass is 189 g/mol. The highest BCUT2D eigenvalue weighted by Crippen LogP contribution is 2.37. The number of nitrogens with zero attached hydrogens (tertiary/aromatic N) is 1. The van der Waals surface area contributed by atoms with Crippen molar-refractivity contribution in [3.8, 4) is 0 Å². The average Bonchev–Trinajstić information content (AvgIpc) is 2.51. The van der Waals surface area contributed by atoms with Gasteiger partial charge in [0.2, 0.25) is 0 Å². The van der Waals surface area contributed by atoms with E-state index < -0.39 is 11.7 Å². The van der Waals surface area contributed by atoms with Crippen LogP contribution in [-0.4, -0.2) is 4.57 Å². The van der Waals surface area contributed by atoms with Gasteiger partial charge in [-0.3, -0.25) is 0 Å². The van der Waals surface area contributed by atoms with Crippen LogP contribution in [0.1, 0.15) is 23.2 Å². The Kier molecular flexibility index (Phi) is 1.68. The van der Waals surface area contributed by atoms with Crippen LogP contribution in [0.3, 0.4) is 0 Å². The van der Waals surface area contributed by atoms with Crippen LogP contribution in [0.25, 0.3) is 0 Å². The maximum atomic E-state index is 12.4. The highest BCUT2D eigenvalue weighted by molar-refractivity contribution is 5.37. The standard InChI is InChI=1S/C9H10F3N/c1-13-5-7(9(10,11)12)6-3-2-4-8(6)13/h5H,2-4H2,1H3. The van der Waals surface area contributed by atoms with E-state index in [9.17, 15) is 13.2 Å². The van der Waals surface area contributed by atoms with Gasteiger partial charge in [0.15, 0.2) is 0 Å². The molecule has 0 N–H and O–H groups in total. The number of halogens is 3. The number of aryl methyl sites for hydroxylation is 1. The van der Waals surface area contributed by atoms with Crippen molar-refractivity contribution < 1.29 is 13.2 Å². The summed E-state index contributed by atoms with van der Waals surface area (Å²) in [4.78, 5) is 0. The molecule has 0 amide bonds.